The molecule has 0 radical (unpaired) electrons. The maximum absolute atomic E-state index is 10.7. The van der Waals surface area contributed by atoms with Gasteiger partial charge in [0.2, 0.25) is 0 Å². The van der Waals surface area contributed by atoms with Gasteiger partial charge in [0, 0.05) is 0 Å². The Kier molecular flexibility index (Phi) is 2.99. The van der Waals surface area contributed by atoms with Gasteiger partial charge in [0.15, 0.2) is 0 Å². The summed E-state index contributed by atoms with van der Waals surface area (Å²) >= 11 is 0.181. The molecular weight excluding hydrogens is 255 g/mol. The Labute approximate surface area is 93.7 Å². The number of carbonyl (C=O) groups is 1. The van der Waals surface area contributed by atoms with Gasteiger partial charge in [-0.05, 0) is 0 Å². The Morgan fingerprint density at radius 3 is 2.73 bits per heavy atom. The third-order valence-corrected chi connectivity index (χ3v) is 3.73. The van der Waals surface area contributed by atoms with Crippen molar-refractivity contribution in [3.05, 3.63) is 39.8 Å². The van der Waals surface area contributed by atoms with E-state index in [1.165, 1.54) is 0 Å². The maximum atomic E-state index is 10.7. The molecule has 0 unspecified atom stereocenters. The molecule has 0 bridgehead atoms. The molecule has 0 aliphatic carbocycles. The Balaban J connectivity index is 2.24. The van der Waals surface area contributed by atoms with Crippen LogP contribution in [0.4, 0.5) is 0 Å². The first-order valence-electron chi connectivity index (χ1n) is 4.54. The van der Waals surface area contributed by atoms with Gasteiger partial charge in [-0.1, -0.05) is 0 Å². The van der Waals surface area contributed by atoms with Crippen LogP contribution in [0, 0.1) is 0 Å². The number of carbonyl (C=O) groups excluding carboxylic acids is 1. The molecule has 2 aromatic rings. The Bertz CT molecular complexity index is 464. The van der Waals surface area contributed by atoms with Crippen molar-refractivity contribution in [3.8, 4) is 11.3 Å². The quantitative estimate of drug-likeness (QED) is 0.836. The first-order chi connectivity index (χ1) is 7.25. The minimum atomic E-state index is -0.307. The summed E-state index contributed by atoms with van der Waals surface area (Å²) in [5, 5.41) is 0. The number of aromatic nitrogens is 1. The SMILES string of the molecule is NC(=O)Cc1nc(-c2ccccc2)c[se]1. The monoisotopic (exact) mass is 266 g/mol. The topological polar surface area (TPSA) is 56.0 Å². The number of benzene rings is 1. The molecule has 0 spiro atoms. The molecule has 0 aliphatic heterocycles. The van der Waals surface area contributed by atoms with Crippen LogP contribution in [-0.4, -0.2) is 25.4 Å². The van der Waals surface area contributed by atoms with Crippen molar-refractivity contribution < 1.29 is 4.79 Å². The summed E-state index contributed by atoms with van der Waals surface area (Å²) in [6, 6.07) is 9.95. The summed E-state index contributed by atoms with van der Waals surface area (Å²) < 4.78 is 0.911. The molecule has 0 fully saturated rings. The van der Waals surface area contributed by atoms with Crippen LogP contribution in [0.2, 0.25) is 0 Å². The molecule has 15 heavy (non-hydrogen) atoms. The number of primary amides is 1. The molecule has 3 nitrogen and oxygen atoms in total. The van der Waals surface area contributed by atoms with Crippen molar-refractivity contribution in [2.75, 3.05) is 0 Å². The molecule has 1 amide bonds. The van der Waals surface area contributed by atoms with Crippen LogP contribution < -0.4 is 5.73 Å². The van der Waals surface area contributed by atoms with E-state index in [-0.39, 0.29) is 26.8 Å². The van der Waals surface area contributed by atoms with E-state index in [2.05, 4.69) is 9.92 Å². The van der Waals surface area contributed by atoms with E-state index in [1.807, 2.05) is 30.3 Å². The second-order valence-corrected chi connectivity index (χ2v) is 5.11. The van der Waals surface area contributed by atoms with Crippen LogP contribution >= 0.6 is 0 Å². The van der Waals surface area contributed by atoms with Gasteiger partial charge < -0.3 is 0 Å². The van der Waals surface area contributed by atoms with E-state index in [1.54, 1.807) is 0 Å². The third kappa shape index (κ3) is 2.55. The number of hydrogen-bond donors (Lipinski definition) is 1. The van der Waals surface area contributed by atoms with Gasteiger partial charge in [0.1, 0.15) is 0 Å². The molecule has 0 aliphatic rings. The first kappa shape index (κ1) is 10.1. The van der Waals surface area contributed by atoms with Gasteiger partial charge in [-0.25, -0.2) is 0 Å². The fraction of sp³-hybridized carbons (Fsp3) is 0.0909. The van der Waals surface area contributed by atoms with E-state index < -0.39 is 0 Å². The fourth-order valence-corrected chi connectivity index (χ4v) is 2.99. The number of nitrogens with two attached hydrogens (primary N) is 1. The summed E-state index contributed by atoms with van der Waals surface area (Å²) in [6.07, 6.45) is 0.285. The van der Waals surface area contributed by atoms with E-state index in [0.29, 0.717) is 0 Å². The van der Waals surface area contributed by atoms with Crippen LogP contribution in [0.15, 0.2) is 35.3 Å². The van der Waals surface area contributed by atoms with Crippen LogP contribution in [0.3, 0.4) is 0 Å². The van der Waals surface area contributed by atoms with Crippen molar-refractivity contribution >= 4 is 20.4 Å². The molecule has 1 aromatic carbocycles. The Hall–Kier alpha value is -1.38. The molecule has 4 heteroatoms. The van der Waals surface area contributed by atoms with Crippen molar-refractivity contribution in [2.45, 2.75) is 6.42 Å². The van der Waals surface area contributed by atoms with E-state index in [4.69, 9.17) is 5.73 Å². The molecule has 1 aromatic heterocycles. The van der Waals surface area contributed by atoms with Gasteiger partial charge in [0.05, 0.1) is 0 Å². The summed E-state index contributed by atoms with van der Waals surface area (Å²) in [4.78, 5) is 17.2. The van der Waals surface area contributed by atoms with Gasteiger partial charge in [-0.3, -0.25) is 0 Å². The predicted molar refractivity (Wildman–Crippen MR) is 59.5 cm³/mol. The molecule has 0 saturated heterocycles. The summed E-state index contributed by atoms with van der Waals surface area (Å²) in [5.74, 6) is -0.307. The Morgan fingerprint density at radius 2 is 2.07 bits per heavy atom. The average Bonchev–Trinajstić information content (AvgIpc) is 2.67. The Morgan fingerprint density at radius 1 is 1.33 bits per heavy atom. The normalized spacial score (nSPS) is 10.1. The predicted octanol–water partition coefficient (Wildman–Crippen LogP) is 0.833. The van der Waals surface area contributed by atoms with Crippen LogP contribution in [-0.2, 0) is 11.2 Å². The number of rotatable bonds is 3. The zero-order valence-corrected chi connectivity index (χ0v) is 9.73. The summed E-state index contributed by atoms with van der Waals surface area (Å²) in [7, 11) is 0. The van der Waals surface area contributed by atoms with Gasteiger partial charge in [-0.15, -0.1) is 0 Å². The molecule has 76 valence electrons. The van der Waals surface area contributed by atoms with Gasteiger partial charge >= 0.3 is 93.4 Å². The van der Waals surface area contributed by atoms with Gasteiger partial charge in [0.25, 0.3) is 0 Å². The standard InChI is InChI=1S/C11H10N2OSe/c12-10(14)6-11-13-9(7-15-11)8-4-2-1-3-5-8/h1-5,7H,6H2,(H2,12,14). The molecule has 2 rings (SSSR count). The van der Waals surface area contributed by atoms with Crippen molar-refractivity contribution in [1.82, 2.24) is 4.98 Å². The zero-order chi connectivity index (χ0) is 10.7. The van der Waals surface area contributed by atoms with Crippen molar-refractivity contribution in [3.63, 3.8) is 0 Å². The second-order valence-electron chi connectivity index (χ2n) is 3.14. The van der Waals surface area contributed by atoms with E-state index in [9.17, 15) is 4.79 Å². The summed E-state index contributed by atoms with van der Waals surface area (Å²) in [6.45, 7) is 0. The summed E-state index contributed by atoms with van der Waals surface area (Å²) in [5.41, 5.74) is 7.18. The van der Waals surface area contributed by atoms with E-state index in [0.717, 1.165) is 15.8 Å². The zero-order valence-electron chi connectivity index (χ0n) is 8.01. The van der Waals surface area contributed by atoms with E-state index >= 15 is 0 Å². The third-order valence-electron chi connectivity index (χ3n) is 1.95. The van der Waals surface area contributed by atoms with Crippen molar-refractivity contribution in [1.29, 1.82) is 0 Å². The molecule has 0 atom stereocenters. The molecule has 1 heterocycles. The van der Waals surface area contributed by atoms with Crippen LogP contribution in [0.1, 0.15) is 4.57 Å². The first-order valence-corrected chi connectivity index (χ1v) is 6.38. The average molecular weight is 265 g/mol. The minimum absolute atomic E-state index is 0.181. The number of hydrogen-bond acceptors (Lipinski definition) is 2. The second kappa shape index (κ2) is 4.43. The fourth-order valence-electron chi connectivity index (χ4n) is 1.28. The van der Waals surface area contributed by atoms with Gasteiger partial charge in [-0.2, -0.15) is 0 Å². The number of nitrogens with zero attached hydrogens (tertiary/aromatic N) is 1. The van der Waals surface area contributed by atoms with Crippen LogP contribution in [0.25, 0.3) is 11.3 Å². The molecule has 0 saturated carbocycles. The van der Waals surface area contributed by atoms with Crippen LogP contribution in [0.5, 0.6) is 0 Å². The number of amides is 1. The van der Waals surface area contributed by atoms with Crippen molar-refractivity contribution in [2.24, 2.45) is 5.73 Å². The molecule has 2 N–H and O–H groups in total. The molecular formula is C11H10N2OSe.